The Morgan fingerprint density at radius 1 is 1.20 bits per heavy atom. The average Bonchev–Trinajstić information content (AvgIpc) is 2.72. The molecule has 2 aromatic rings. The average molecular weight is 271 g/mol. The Kier molecular flexibility index (Phi) is 4.61. The lowest BCUT2D eigenvalue weighted by atomic mass is 10.1. The molecule has 0 spiro atoms. The number of hydrogen-bond acceptors (Lipinski definition) is 2. The van der Waals surface area contributed by atoms with Crippen LogP contribution in [-0.2, 0) is 6.54 Å². The first kappa shape index (κ1) is 14.8. The summed E-state index contributed by atoms with van der Waals surface area (Å²) in [5.74, 6) is 0.686. The van der Waals surface area contributed by atoms with Gasteiger partial charge in [0.2, 0.25) is 0 Å². The molecule has 0 saturated heterocycles. The van der Waals surface area contributed by atoms with Gasteiger partial charge in [-0.2, -0.15) is 0 Å². The molecule has 20 heavy (non-hydrogen) atoms. The molecule has 1 N–H and O–H groups in total. The molecular weight excluding hydrogens is 246 g/mol. The summed E-state index contributed by atoms with van der Waals surface area (Å²) in [5.41, 5.74) is 6.17. The minimum Gasteiger partial charge on any atom is -0.312 e. The van der Waals surface area contributed by atoms with Crippen molar-refractivity contribution in [3.8, 4) is 5.69 Å². The molecule has 0 amide bonds. The second-order valence-electron chi connectivity index (χ2n) is 5.92. The van der Waals surface area contributed by atoms with Crippen molar-refractivity contribution in [1.29, 1.82) is 0 Å². The van der Waals surface area contributed by atoms with Gasteiger partial charge in [0.1, 0.15) is 0 Å². The number of benzene rings is 1. The largest absolute Gasteiger partial charge is 0.312 e. The standard InChI is InChI=1S/C17H25N3/c1-12(2)9-18-10-16-6-7-17(8-13(16)3)20-11-19-14(4)15(20)5/h6-8,11-12,18H,9-10H2,1-5H3. The molecule has 0 aliphatic carbocycles. The summed E-state index contributed by atoms with van der Waals surface area (Å²) in [6.07, 6.45) is 1.90. The highest BCUT2D eigenvalue weighted by Gasteiger charge is 2.06. The van der Waals surface area contributed by atoms with Crippen LogP contribution in [0.1, 0.15) is 36.4 Å². The molecule has 108 valence electrons. The van der Waals surface area contributed by atoms with Gasteiger partial charge in [-0.15, -0.1) is 0 Å². The second-order valence-corrected chi connectivity index (χ2v) is 5.92. The molecule has 3 nitrogen and oxygen atoms in total. The van der Waals surface area contributed by atoms with Crippen LogP contribution in [0.4, 0.5) is 0 Å². The van der Waals surface area contributed by atoms with Crippen LogP contribution in [0.3, 0.4) is 0 Å². The molecule has 3 heteroatoms. The first-order valence-electron chi connectivity index (χ1n) is 7.30. The SMILES string of the molecule is Cc1cc(-n2cnc(C)c2C)ccc1CNCC(C)C. The lowest BCUT2D eigenvalue weighted by molar-refractivity contribution is 0.551. The zero-order chi connectivity index (χ0) is 14.7. The Hall–Kier alpha value is -1.61. The third kappa shape index (κ3) is 3.28. The predicted molar refractivity (Wildman–Crippen MR) is 84.3 cm³/mol. The van der Waals surface area contributed by atoms with Gasteiger partial charge in [-0.3, -0.25) is 0 Å². The molecule has 1 heterocycles. The van der Waals surface area contributed by atoms with E-state index in [0.717, 1.165) is 18.8 Å². The molecule has 1 aromatic carbocycles. The van der Waals surface area contributed by atoms with E-state index in [1.165, 1.54) is 22.5 Å². The second kappa shape index (κ2) is 6.23. The minimum absolute atomic E-state index is 0.686. The predicted octanol–water partition coefficient (Wildman–Crippen LogP) is 3.54. The van der Waals surface area contributed by atoms with Crippen molar-refractivity contribution in [2.75, 3.05) is 6.54 Å². The summed E-state index contributed by atoms with van der Waals surface area (Å²) in [4.78, 5) is 4.36. The van der Waals surface area contributed by atoms with E-state index in [0.29, 0.717) is 5.92 Å². The van der Waals surface area contributed by atoms with Gasteiger partial charge in [0, 0.05) is 17.9 Å². The van der Waals surface area contributed by atoms with Crippen LogP contribution in [0.5, 0.6) is 0 Å². The van der Waals surface area contributed by atoms with Crippen molar-refractivity contribution >= 4 is 0 Å². The normalized spacial score (nSPS) is 11.3. The molecule has 0 radical (unpaired) electrons. The molecular formula is C17H25N3. The van der Waals surface area contributed by atoms with E-state index < -0.39 is 0 Å². The van der Waals surface area contributed by atoms with Gasteiger partial charge in [0.15, 0.2) is 0 Å². The summed E-state index contributed by atoms with van der Waals surface area (Å²) in [5, 5.41) is 3.50. The number of aromatic nitrogens is 2. The van der Waals surface area contributed by atoms with Crippen molar-refractivity contribution in [3.05, 3.63) is 47.0 Å². The molecule has 0 unspecified atom stereocenters. The molecule has 0 atom stereocenters. The summed E-state index contributed by atoms with van der Waals surface area (Å²) >= 11 is 0. The maximum atomic E-state index is 4.36. The Labute approximate surface area is 122 Å². The lowest BCUT2D eigenvalue weighted by Crippen LogP contribution is -2.19. The van der Waals surface area contributed by atoms with Crippen LogP contribution < -0.4 is 5.32 Å². The van der Waals surface area contributed by atoms with Crippen molar-refractivity contribution < 1.29 is 0 Å². The third-order valence-electron chi connectivity index (χ3n) is 3.72. The van der Waals surface area contributed by atoms with Gasteiger partial charge in [-0.05, 0) is 56.5 Å². The van der Waals surface area contributed by atoms with E-state index in [4.69, 9.17) is 0 Å². The summed E-state index contributed by atoms with van der Waals surface area (Å²) in [6.45, 7) is 12.8. The van der Waals surface area contributed by atoms with Crippen molar-refractivity contribution in [3.63, 3.8) is 0 Å². The fraction of sp³-hybridized carbons (Fsp3) is 0.471. The number of nitrogens with zero attached hydrogens (tertiary/aromatic N) is 2. The molecule has 2 rings (SSSR count). The lowest BCUT2D eigenvalue weighted by Gasteiger charge is -2.12. The highest BCUT2D eigenvalue weighted by Crippen LogP contribution is 2.17. The molecule has 0 aliphatic rings. The van der Waals surface area contributed by atoms with Gasteiger partial charge in [0.25, 0.3) is 0 Å². The van der Waals surface area contributed by atoms with E-state index in [1.807, 2.05) is 13.3 Å². The molecule has 0 bridgehead atoms. The molecule has 0 aliphatic heterocycles. The van der Waals surface area contributed by atoms with Crippen LogP contribution in [0.2, 0.25) is 0 Å². The van der Waals surface area contributed by atoms with Gasteiger partial charge in [-0.25, -0.2) is 4.98 Å². The Bertz CT molecular complexity index is 582. The van der Waals surface area contributed by atoms with Crippen LogP contribution in [0, 0.1) is 26.7 Å². The fourth-order valence-electron chi connectivity index (χ4n) is 2.28. The number of nitrogens with one attached hydrogen (secondary N) is 1. The molecule has 0 saturated carbocycles. The van der Waals surface area contributed by atoms with E-state index in [-0.39, 0.29) is 0 Å². The van der Waals surface area contributed by atoms with Gasteiger partial charge < -0.3 is 9.88 Å². The van der Waals surface area contributed by atoms with Crippen molar-refractivity contribution in [2.24, 2.45) is 5.92 Å². The third-order valence-corrected chi connectivity index (χ3v) is 3.72. The highest BCUT2D eigenvalue weighted by atomic mass is 15.1. The number of rotatable bonds is 5. The van der Waals surface area contributed by atoms with Crippen molar-refractivity contribution in [2.45, 2.75) is 41.2 Å². The van der Waals surface area contributed by atoms with Gasteiger partial charge in [0.05, 0.1) is 12.0 Å². The topological polar surface area (TPSA) is 29.9 Å². The Morgan fingerprint density at radius 3 is 2.50 bits per heavy atom. The zero-order valence-electron chi connectivity index (χ0n) is 13.2. The van der Waals surface area contributed by atoms with E-state index in [1.54, 1.807) is 0 Å². The highest BCUT2D eigenvalue weighted by molar-refractivity contribution is 5.41. The summed E-state index contributed by atoms with van der Waals surface area (Å²) < 4.78 is 2.15. The van der Waals surface area contributed by atoms with E-state index in [2.05, 4.69) is 60.8 Å². The maximum absolute atomic E-state index is 4.36. The van der Waals surface area contributed by atoms with Crippen LogP contribution >= 0.6 is 0 Å². The van der Waals surface area contributed by atoms with E-state index >= 15 is 0 Å². The Balaban J connectivity index is 2.15. The quantitative estimate of drug-likeness (QED) is 0.901. The van der Waals surface area contributed by atoms with E-state index in [9.17, 15) is 0 Å². The molecule has 1 aromatic heterocycles. The van der Waals surface area contributed by atoms with Crippen LogP contribution in [0.25, 0.3) is 5.69 Å². The van der Waals surface area contributed by atoms with Gasteiger partial charge in [-0.1, -0.05) is 19.9 Å². The first-order chi connectivity index (χ1) is 9.49. The summed E-state index contributed by atoms with van der Waals surface area (Å²) in [7, 11) is 0. The van der Waals surface area contributed by atoms with Crippen LogP contribution in [0.15, 0.2) is 24.5 Å². The number of imidazole rings is 1. The Morgan fingerprint density at radius 2 is 1.95 bits per heavy atom. The minimum atomic E-state index is 0.686. The van der Waals surface area contributed by atoms with Gasteiger partial charge >= 0.3 is 0 Å². The number of aryl methyl sites for hydroxylation is 2. The monoisotopic (exact) mass is 271 g/mol. The maximum Gasteiger partial charge on any atom is 0.0997 e. The number of hydrogen-bond donors (Lipinski definition) is 1. The molecule has 0 fully saturated rings. The fourth-order valence-corrected chi connectivity index (χ4v) is 2.28. The smallest absolute Gasteiger partial charge is 0.0997 e. The van der Waals surface area contributed by atoms with Crippen molar-refractivity contribution in [1.82, 2.24) is 14.9 Å². The first-order valence-corrected chi connectivity index (χ1v) is 7.30. The zero-order valence-corrected chi connectivity index (χ0v) is 13.2. The van der Waals surface area contributed by atoms with Crippen LogP contribution in [-0.4, -0.2) is 16.1 Å². The summed E-state index contributed by atoms with van der Waals surface area (Å²) in [6, 6.07) is 6.63.